The quantitative estimate of drug-likeness (QED) is 0.781. The van der Waals surface area contributed by atoms with Crippen LogP contribution in [0.4, 0.5) is 4.79 Å². The van der Waals surface area contributed by atoms with Crippen LogP contribution in [0.5, 0.6) is 0 Å². The summed E-state index contributed by atoms with van der Waals surface area (Å²) in [6, 6.07) is 1.26. The van der Waals surface area contributed by atoms with Gasteiger partial charge in [0, 0.05) is 44.8 Å². The fraction of sp³-hybridized carbons (Fsp3) is 0.947. The number of urea groups is 1. The standard InChI is InChI=1S/C19H34N4O/c24-19(20-11-16-7-10-23(13-16)18-5-6-18)21-17-8-9-22(14-17)12-15-3-1-2-4-15/h15-18H,1-14H2,(H2,20,21,24)/t16-,17+/m0/s1. The molecule has 2 saturated carbocycles. The van der Waals surface area contributed by atoms with Gasteiger partial charge in [-0.25, -0.2) is 4.79 Å². The zero-order valence-electron chi connectivity index (χ0n) is 15.0. The molecule has 0 aromatic rings. The Kier molecular flexibility index (Phi) is 5.28. The van der Waals surface area contributed by atoms with Crippen molar-refractivity contribution in [1.29, 1.82) is 0 Å². The van der Waals surface area contributed by atoms with Gasteiger partial charge < -0.3 is 20.4 Å². The van der Waals surface area contributed by atoms with Gasteiger partial charge in [-0.15, -0.1) is 0 Å². The van der Waals surface area contributed by atoms with Gasteiger partial charge in [-0.3, -0.25) is 0 Å². The summed E-state index contributed by atoms with van der Waals surface area (Å²) < 4.78 is 0. The van der Waals surface area contributed by atoms with E-state index < -0.39 is 0 Å². The molecule has 2 aliphatic carbocycles. The highest BCUT2D eigenvalue weighted by Crippen LogP contribution is 2.31. The summed E-state index contributed by atoms with van der Waals surface area (Å²) in [6.45, 7) is 6.70. The molecule has 0 aromatic carbocycles. The minimum Gasteiger partial charge on any atom is -0.338 e. The van der Waals surface area contributed by atoms with Crippen molar-refractivity contribution in [3.05, 3.63) is 0 Å². The molecule has 0 bridgehead atoms. The van der Waals surface area contributed by atoms with E-state index in [1.807, 2.05) is 0 Å². The first-order chi connectivity index (χ1) is 11.8. The Hall–Kier alpha value is -0.810. The van der Waals surface area contributed by atoms with Crippen molar-refractivity contribution in [1.82, 2.24) is 20.4 Å². The molecule has 2 heterocycles. The molecule has 4 fully saturated rings. The van der Waals surface area contributed by atoms with Crippen LogP contribution in [-0.4, -0.2) is 67.2 Å². The van der Waals surface area contributed by atoms with Crippen molar-refractivity contribution in [2.24, 2.45) is 11.8 Å². The fourth-order valence-corrected chi connectivity index (χ4v) is 4.95. The second kappa shape index (κ2) is 7.61. The Morgan fingerprint density at radius 1 is 0.917 bits per heavy atom. The number of rotatable bonds is 6. The predicted molar refractivity (Wildman–Crippen MR) is 96.0 cm³/mol. The Bertz CT molecular complexity index is 433. The lowest BCUT2D eigenvalue weighted by Gasteiger charge is -2.20. The van der Waals surface area contributed by atoms with Gasteiger partial charge in [-0.2, -0.15) is 0 Å². The topological polar surface area (TPSA) is 47.6 Å². The maximum Gasteiger partial charge on any atom is 0.315 e. The highest BCUT2D eigenvalue weighted by molar-refractivity contribution is 5.74. The lowest BCUT2D eigenvalue weighted by Crippen LogP contribution is -2.45. The Labute approximate surface area is 146 Å². The number of nitrogens with one attached hydrogen (secondary N) is 2. The van der Waals surface area contributed by atoms with Crippen LogP contribution in [0.2, 0.25) is 0 Å². The van der Waals surface area contributed by atoms with Gasteiger partial charge in [0.1, 0.15) is 0 Å². The number of amides is 2. The van der Waals surface area contributed by atoms with Crippen LogP contribution in [0.25, 0.3) is 0 Å². The molecule has 2 amide bonds. The van der Waals surface area contributed by atoms with E-state index >= 15 is 0 Å². The van der Waals surface area contributed by atoms with E-state index in [0.29, 0.717) is 12.0 Å². The summed E-state index contributed by atoms with van der Waals surface area (Å²) in [4.78, 5) is 17.4. The number of carbonyl (C=O) groups is 1. The third-order valence-electron chi connectivity index (χ3n) is 6.53. The molecule has 2 aliphatic heterocycles. The summed E-state index contributed by atoms with van der Waals surface area (Å²) in [6.07, 6.45) is 10.8. The van der Waals surface area contributed by atoms with E-state index in [0.717, 1.165) is 38.0 Å². The number of nitrogens with zero attached hydrogens (tertiary/aromatic N) is 2. The molecule has 2 atom stereocenters. The van der Waals surface area contributed by atoms with Gasteiger partial charge in [-0.1, -0.05) is 12.8 Å². The molecule has 0 unspecified atom stereocenters. The zero-order valence-corrected chi connectivity index (χ0v) is 15.0. The number of hydrogen-bond acceptors (Lipinski definition) is 3. The maximum absolute atomic E-state index is 12.2. The Balaban J connectivity index is 1.11. The number of hydrogen-bond donors (Lipinski definition) is 2. The lowest BCUT2D eigenvalue weighted by molar-refractivity contribution is 0.232. The zero-order chi connectivity index (χ0) is 16.4. The lowest BCUT2D eigenvalue weighted by atomic mass is 10.1. The summed E-state index contributed by atoms with van der Waals surface area (Å²) in [5, 5.41) is 6.32. The molecule has 2 saturated heterocycles. The SMILES string of the molecule is O=C(NC[C@@H]1CCN(C2CC2)C1)N[C@@H]1CCN(CC2CCCC2)C1. The molecule has 24 heavy (non-hydrogen) atoms. The van der Waals surface area contributed by atoms with E-state index in [4.69, 9.17) is 0 Å². The molecular formula is C19H34N4O. The van der Waals surface area contributed by atoms with E-state index in [-0.39, 0.29) is 6.03 Å². The van der Waals surface area contributed by atoms with E-state index in [1.54, 1.807) is 0 Å². The molecule has 0 aromatic heterocycles. The molecule has 2 N–H and O–H groups in total. The third-order valence-corrected chi connectivity index (χ3v) is 6.53. The van der Waals surface area contributed by atoms with Gasteiger partial charge in [0.2, 0.25) is 0 Å². The first-order valence-electron chi connectivity index (χ1n) is 10.3. The molecule has 4 aliphatic rings. The molecule has 0 radical (unpaired) electrons. The van der Waals surface area contributed by atoms with Crippen LogP contribution >= 0.6 is 0 Å². The minimum atomic E-state index is 0.0487. The largest absolute Gasteiger partial charge is 0.338 e. The number of likely N-dealkylation sites (tertiary alicyclic amines) is 2. The van der Waals surface area contributed by atoms with Crippen molar-refractivity contribution < 1.29 is 4.79 Å². The van der Waals surface area contributed by atoms with Crippen LogP contribution in [0, 0.1) is 11.8 Å². The van der Waals surface area contributed by atoms with Gasteiger partial charge in [0.25, 0.3) is 0 Å². The van der Waals surface area contributed by atoms with Gasteiger partial charge in [-0.05, 0) is 56.9 Å². The van der Waals surface area contributed by atoms with E-state index in [1.165, 1.54) is 64.6 Å². The second-order valence-electron chi connectivity index (χ2n) is 8.63. The van der Waals surface area contributed by atoms with Crippen LogP contribution < -0.4 is 10.6 Å². The molecular weight excluding hydrogens is 300 g/mol. The molecule has 5 heteroatoms. The first kappa shape index (κ1) is 16.6. The molecule has 5 nitrogen and oxygen atoms in total. The maximum atomic E-state index is 12.2. The van der Waals surface area contributed by atoms with Crippen LogP contribution in [0.3, 0.4) is 0 Å². The van der Waals surface area contributed by atoms with Crippen molar-refractivity contribution in [2.75, 3.05) is 39.3 Å². The highest BCUT2D eigenvalue weighted by atomic mass is 16.2. The second-order valence-corrected chi connectivity index (χ2v) is 8.63. The smallest absolute Gasteiger partial charge is 0.315 e. The van der Waals surface area contributed by atoms with Crippen molar-refractivity contribution in [3.8, 4) is 0 Å². The average molecular weight is 335 g/mol. The van der Waals surface area contributed by atoms with Gasteiger partial charge in [0.15, 0.2) is 0 Å². The monoisotopic (exact) mass is 334 g/mol. The molecule has 0 spiro atoms. The van der Waals surface area contributed by atoms with E-state index in [9.17, 15) is 4.79 Å². The summed E-state index contributed by atoms with van der Waals surface area (Å²) in [5.41, 5.74) is 0. The summed E-state index contributed by atoms with van der Waals surface area (Å²) in [7, 11) is 0. The fourth-order valence-electron chi connectivity index (χ4n) is 4.95. The normalized spacial score (nSPS) is 32.5. The van der Waals surface area contributed by atoms with E-state index in [2.05, 4.69) is 20.4 Å². The summed E-state index contributed by atoms with van der Waals surface area (Å²) >= 11 is 0. The number of carbonyl (C=O) groups excluding carboxylic acids is 1. The third kappa shape index (κ3) is 4.42. The van der Waals surface area contributed by atoms with Crippen LogP contribution in [0.15, 0.2) is 0 Å². The van der Waals surface area contributed by atoms with Gasteiger partial charge in [0.05, 0.1) is 0 Å². The predicted octanol–water partition coefficient (Wildman–Crippen LogP) is 2.03. The van der Waals surface area contributed by atoms with Crippen LogP contribution in [0.1, 0.15) is 51.4 Å². The minimum absolute atomic E-state index is 0.0487. The average Bonchev–Trinajstić information content (AvgIpc) is 2.98. The Morgan fingerprint density at radius 2 is 1.75 bits per heavy atom. The molecule has 136 valence electrons. The van der Waals surface area contributed by atoms with Gasteiger partial charge >= 0.3 is 6.03 Å². The highest BCUT2D eigenvalue weighted by Gasteiger charge is 2.34. The van der Waals surface area contributed by atoms with Crippen molar-refractivity contribution >= 4 is 6.03 Å². The Morgan fingerprint density at radius 3 is 2.54 bits per heavy atom. The first-order valence-corrected chi connectivity index (χ1v) is 10.3. The van der Waals surface area contributed by atoms with Crippen LogP contribution in [-0.2, 0) is 0 Å². The van der Waals surface area contributed by atoms with Crippen molar-refractivity contribution in [3.63, 3.8) is 0 Å². The molecule has 4 rings (SSSR count). The van der Waals surface area contributed by atoms with Crippen molar-refractivity contribution in [2.45, 2.75) is 63.5 Å². The summed E-state index contributed by atoms with van der Waals surface area (Å²) in [5.74, 6) is 1.56.